The fourth-order valence-corrected chi connectivity index (χ4v) is 4.06. The van der Waals surface area contributed by atoms with Crippen molar-refractivity contribution in [3.8, 4) is 5.69 Å². The lowest BCUT2D eigenvalue weighted by Gasteiger charge is -2.21. The Balaban J connectivity index is 1.42. The van der Waals surface area contributed by atoms with E-state index in [-0.39, 0.29) is 17.2 Å². The molecule has 2 amide bonds. The molecule has 4 rings (SSSR count). The molecule has 7 nitrogen and oxygen atoms in total. The van der Waals surface area contributed by atoms with Crippen molar-refractivity contribution in [2.45, 2.75) is 26.7 Å². The molecule has 3 heterocycles. The second-order valence-corrected chi connectivity index (χ2v) is 7.88. The predicted molar refractivity (Wildman–Crippen MR) is 103 cm³/mol. The van der Waals surface area contributed by atoms with E-state index in [4.69, 9.17) is 0 Å². The molecule has 2 N–H and O–H groups in total. The van der Waals surface area contributed by atoms with E-state index in [9.17, 15) is 9.59 Å². The van der Waals surface area contributed by atoms with E-state index < -0.39 is 0 Å². The maximum Gasteiger partial charge on any atom is 0.239 e. The largest absolute Gasteiger partial charge is 0.355 e. The first-order valence-corrected chi connectivity index (χ1v) is 9.35. The van der Waals surface area contributed by atoms with Crippen LogP contribution in [0.5, 0.6) is 0 Å². The number of aryl methyl sites for hydroxylation is 2. The zero-order chi connectivity index (χ0) is 19.0. The van der Waals surface area contributed by atoms with Crippen molar-refractivity contribution >= 4 is 17.6 Å². The number of nitrogens with zero attached hydrogens (tertiary/aromatic N) is 3. The van der Waals surface area contributed by atoms with E-state index in [0.29, 0.717) is 18.8 Å². The van der Waals surface area contributed by atoms with Crippen molar-refractivity contribution in [3.05, 3.63) is 41.6 Å². The smallest absolute Gasteiger partial charge is 0.239 e. The van der Waals surface area contributed by atoms with Gasteiger partial charge in [-0.3, -0.25) is 14.5 Å². The van der Waals surface area contributed by atoms with E-state index in [0.717, 1.165) is 37.4 Å². The first kappa shape index (κ1) is 17.7. The van der Waals surface area contributed by atoms with Gasteiger partial charge >= 0.3 is 0 Å². The van der Waals surface area contributed by atoms with E-state index in [1.165, 1.54) is 5.56 Å². The quantitative estimate of drug-likeness (QED) is 0.861. The van der Waals surface area contributed by atoms with Gasteiger partial charge < -0.3 is 10.6 Å². The van der Waals surface area contributed by atoms with Crippen LogP contribution in [0, 0.1) is 19.3 Å². The van der Waals surface area contributed by atoms with Crippen molar-refractivity contribution in [2.24, 2.45) is 5.41 Å². The fraction of sp³-hybridized carbons (Fsp3) is 0.450. The van der Waals surface area contributed by atoms with Gasteiger partial charge in [-0.1, -0.05) is 17.7 Å². The Hall–Kier alpha value is -2.67. The van der Waals surface area contributed by atoms with E-state index in [1.54, 1.807) is 4.68 Å². The van der Waals surface area contributed by atoms with Crippen LogP contribution in [0.15, 0.2) is 30.3 Å². The SMILES string of the molecule is Cc1ccc(-n2nc(C)cc2NC(=O)CN2CCC3(CNC(=O)C3)C2)cc1. The molecule has 1 aromatic carbocycles. The minimum atomic E-state index is -0.0578. The molecule has 1 atom stereocenters. The number of rotatable bonds is 4. The van der Waals surface area contributed by atoms with Crippen molar-refractivity contribution in [1.82, 2.24) is 20.0 Å². The van der Waals surface area contributed by atoms with Gasteiger partial charge in [-0.05, 0) is 38.9 Å². The number of likely N-dealkylation sites (tertiary alicyclic amines) is 1. The molecule has 2 aliphatic rings. The second-order valence-electron chi connectivity index (χ2n) is 7.88. The van der Waals surface area contributed by atoms with E-state index in [1.807, 2.05) is 44.2 Å². The Morgan fingerprint density at radius 3 is 2.78 bits per heavy atom. The normalized spacial score (nSPS) is 22.4. The van der Waals surface area contributed by atoms with Gasteiger partial charge in [0.2, 0.25) is 11.8 Å². The number of carbonyl (C=O) groups is 2. The zero-order valence-electron chi connectivity index (χ0n) is 15.8. The van der Waals surface area contributed by atoms with Crippen LogP contribution in [0.4, 0.5) is 5.82 Å². The summed E-state index contributed by atoms with van der Waals surface area (Å²) in [5, 5.41) is 10.4. The predicted octanol–water partition coefficient (Wildman–Crippen LogP) is 1.64. The third-order valence-corrected chi connectivity index (χ3v) is 5.46. The van der Waals surface area contributed by atoms with Crippen LogP contribution >= 0.6 is 0 Å². The number of amides is 2. The monoisotopic (exact) mass is 367 g/mol. The molecule has 0 aliphatic carbocycles. The van der Waals surface area contributed by atoms with E-state index >= 15 is 0 Å². The molecule has 0 bridgehead atoms. The minimum Gasteiger partial charge on any atom is -0.355 e. The third-order valence-electron chi connectivity index (χ3n) is 5.46. The van der Waals surface area contributed by atoms with Crippen LogP contribution in [-0.2, 0) is 9.59 Å². The maximum absolute atomic E-state index is 12.6. The lowest BCUT2D eigenvalue weighted by molar-refractivity contribution is -0.119. The molecule has 1 aromatic heterocycles. The van der Waals surface area contributed by atoms with Gasteiger partial charge in [0.05, 0.1) is 17.9 Å². The van der Waals surface area contributed by atoms with Gasteiger partial charge in [-0.2, -0.15) is 5.10 Å². The summed E-state index contributed by atoms with van der Waals surface area (Å²) in [6, 6.07) is 9.91. The number of nitrogens with one attached hydrogen (secondary N) is 2. The Kier molecular flexibility index (Phi) is 4.47. The molecule has 7 heteroatoms. The summed E-state index contributed by atoms with van der Waals surface area (Å²) < 4.78 is 1.76. The number of benzene rings is 1. The van der Waals surface area contributed by atoms with Gasteiger partial charge in [0.15, 0.2) is 0 Å². The summed E-state index contributed by atoms with van der Waals surface area (Å²) in [4.78, 5) is 26.3. The summed E-state index contributed by atoms with van der Waals surface area (Å²) in [6.45, 7) is 6.64. The van der Waals surface area contributed by atoms with Crippen molar-refractivity contribution in [2.75, 3.05) is 31.5 Å². The van der Waals surface area contributed by atoms with Crippen molar-refractivity contribution < 1.29 is 9.59 Å². The summed E-state index contributed by atoms with van der Waals surface area (Å²) in [6.07, 6.45) is 1.53. The molecule has 1 unspecified atom stereocenters. The number of hydrogen-bond donors (Lipinski definition) is 2. The Morgan fingerprint density at radius 1 is 1.30 bits per heavy atom. The van der Waals surface area contributed by atoms with Gasteiger partial charge in [0.25, 0.3) is 0 Å². The average molecular weight is 367 g/mol. The third kappa shape index (κ3) is 3.73. The molecule has 2 aliphatic heterocycles. The summed E-state index contributed by atoms with van der Waals surface area (Å²) >= 11 is 0. The molecular weight excluding hydrogens is 342 g/mol. The zero-order valence-corrected chi connectivity index (χ0v) is 15.8. The minimum absolute atomic E-state index is 0.0115. The van der Waals surface area contributed by atoms with Crippen LogP contribution in [0.2, 0.25) is 0 Å². The fourth-order valence-electron chi connectivity index (χ4n) is 4.06. The molecule has 142 valence electrons. The highest BCUT2D eigenvalue weighted by Crippen LogP contribution is 2.36. The number of carbonyl (C=O) groups excluding carboxylic acids is 2. The Bertz CT molecular complexity index is 873. The van der Waals surface area contributed by atoms with Crippen LogP contribution in [0.3, 0.4) is 0 Å². The summed E-state index contributed by atoms with van der Waals surface area (Å²) in [5.74, 6) is 0.740. The van der Waals surface area contributed by atoms with Gasteiger partial charge in [0, 0.05) is 31.0 Å². The highest BCUT2D eigenvalue weighted by atomic mass is 16.2. The molecule has 2 aromatic rings. The van der Waals surface area contributed by atoms with Crippen molar-refractivity contribution in [1.29, 1.82) is 0 Å². The summed E-state index contributed by atoms with van der Waals surface area (Å²) in [5.41, 5.74) is 2.95. The standard InChI is InChI=1S/C20H25N5O2/c1-14-3-5-16(6-4-14)25-17(9-15(2)23-25)22-19(27)11-24-8-7-20(13-24)10-18(26)21-12-20/h3-6,9H,7-8,10-13H2,1-2H3,(H,21,26)(H,22,27). The van der Waals surface area contributed by atoms with Crippen LogP contribution in [0.1, 0.15) is 24.1 Å². The van der Waals surface area contributed by atoms with Gasteiger partial charge in [-0.15, -0.1) is 0 Å². The molecule has 2 saturated heterocycles. The second kappa shape index (κ2) is 6.81. The highest BCUT2D eigenvalue weighted by molar-refractivity contribution is 5.91. The Labute approximate surface area is 158 Å². The van der Waals surface area contributed by atoms with Crippen LogP contribution in [0.25, 0.3) is 5.69 Å². The summed E-state index contributed by atoms with van der Waals surface area (Å²) in [7, 11) is 0. The molecule has 0 radical (unpaired) electrons. The lowest BCUT2D eigenvalue weighted by Crippen LogP contribution is -2.35. The van der Waals surface area contributed by atoms with Gasteiger partial charge in [-0.25, -0.2) is 4.68 Å². The molecule has 0 saturated carbocycles. The topological polar surface area (TPSA) is 79.3 Å². The molecule has 2 fully saturated rings. The van der Waals surface area contributed by atoms with Crippen LogP contribution in [-0.4, -0.2) is 52.7 Å². The van der Waals surface area contributed by atoms with Gasteiger partial charge in [0.1, 0.15) is 5.82 Å². The lowest BCUT2D eigenvalue weighted by atomic mass is 9.86. The first-order valence-electron chi connectivity index (χ1n) is 9.35. The number of hydrogen-bond acceptors (Lipinski definition) is 4. The highest BCUT2D eigenvalue weighted by Gasteiger charge is 2.44. The molecular formula is C20H25N5O2. The number of aromatic nitrogens is 2. The average Bonchev–Trinajstić information content (AvgIpc) is 3.29. The Morgan fingerprint density at radius 2 is 2.07 bits per heavy atom. The molecule has 1 spiro atoms. The molecule has 27 heavy (non-hydrogen) atoms. The van der Waals surface area contributed by atoms with Crippen LogP contribution < -0.4 is 10.6 Å². The first-order chi connectivity index (χ1) is 12.9. The number of anilines is 1. The van der Waals surface area contributed by atoms with Crippen molar-refractivity contribution in [3.63, 3.8) is 0 Å². The van der Waals surface area contributed by atoms with E-state index in [2.05, 4.69) is 20.6 Å². The maximum atomic E-state index is 12.6.